The molecule has 7 heteroatoms. The molecule has 0 N–H and O–H groups in total. The van der Waals surface area contributed by atoms with Crippen LogP contribution in [0, 0.1) is 20.2 Å². The Bertz CT molecular complexity index is 1510. The quantitative estimate of drug-likeness (QED) is 0.186. The van der Waals surface area contributed by atoms with Gasteiger partial charge in [0.05, 0.1) is 21.1 Å². The van der Waals surface area contributed by atoms with Crippen LogP contribution in [0.2, 0.25) is 0 Å². The van der Waals surface area contributed by atoms with Crippen molar-refractivity contribution in [3.8, 4) is 22.4 Å². The van der Waals surface area contributed by atoms with Gasteiger partial charge in [-0.05, 0) is 58.3 Å². The lowest BCUT2D eigenvalue weighted by Gasteiger charge is -2.13. The van der Waals surface area contributed by atoms with E-state index in [0.29, 0.717) is 5.69 Å². The Balaban J connectivity index is 1.78. The number of benzene rings is 4. The topological polar surface area (TPSA) is 99.2 Å². The largest absolute Gasteiger partial charge is 0.269 e. The molecular weight excluding hydrogens is 406 g/mol. The maximum atomic E-state index is 11.1. The molecule has 4 aromatic carbocycles. The van der Waals surface area contributed by atoms with Crippen LogP contribution in [0.1, 0.15) is 0 Å². The van der Waals surface area contributed by atoms with Crippen molar-refractivity contribution in [1.82, 2.24) is 4.98 Å². The lowest BCUT2D eigenvalue weighted by atomic mass is 9.94. The molecule has 0 saturated carbocycles. The van der Waals surface area contributed by atoms with Crippen molar-refractivity contribution in [1.29, 1.82) is 0 Å². The normalized spacial score (nSPS) is 11.0. The second kappa shape index (κ2) is 7.55. The van der Waals surface area contributed by atoms with Gasteiger partial charge in [-0.25, -0.2) is 4.98 Å². The van der Waals surface area contributed by atoms with Crippen molar-refractivity contribution >= 4 is 33.1 Å². The Morgan fingerprint density at radius 3 is 1.88 bits per heavy atom. The van der Waals surface area contributed by atoms with Gasteiger partial charge in [-0.3, -0.25) is 20.2 Å². The van der Waals surface area contributed by atoms with Gasteiger partial charge in [0.15, 0.2) is 0 Å². The Labute approximate surface area is 181 Å². The van der Waals surface area contributed by atoms with Gasteiger partial charge in [0.1, 0.15) is 0 Å². The summed E-state index contributed by atoms with van der Waals surface area (Å²) in [4.78, 5) is 26.1. The van der Waals surface area contributed by atoms with Crippen molar-refractivity contribution in [2.24, 2.45) is 0 Å². The molecule has 0 unspecified atom stereocenters. The van der Waals surface area contributed by atoms with Crippen LogP contribution in [0.5, 0.6) is 0 Å². The van der Waals surface area contributed by atoms with E-state index in [2.05, 4.69) is 0 Å². The first kappa shape index (κ1) is 19.3. The lowest BCUT2D eigenvalue weighted by molar-refractivity contribution is -0.385. The molecular formula is C25H15N3O4. The summed E-state index contributed by atoms with van der Waals surface area (Å²) in [6.07, 6.45) is 0. The number of hydrogen-bond donors (Lipinski definition) is 0. The first-order valence-corrected chi connectivity index (χ1v) is 9.83. The average Bonchev–Trinajstić information content (AvgIpc) is 2.83. The van der Waals surface area contributed by atoms with Crippen LogP contribution in [0.4, 0.5) is 11.4 Å². The number of nitro groups is 2. The molecule has 5 rings (SSSR count). The second-order valence-electron chi connectivity index (χ2n) is 7.34. The van der Waals surface area contributed by atoms with Crippen LogP contribution in [-0.2, 0) is 0 Å². The van der Waals surface area contributed by atoms with E-state index < -0.39 is 9.85 Å². The number of pyridine rings is 1. The number of rotatable bonds is 4. The number of aromatic nitrogens is 1. The molecule has 0 aliphatic carbocycles. The van der Waals surface area contributed by atoms with Gasteiger partial charge in [0, 0.05) is 35.2 Å². The molecule has 154 valence electrons. The number of fused-ring (bicyclic) bond motifs is 3. The molecule has 0 saturated heterocycles. The molecule has 5 aromatic rings. The van der Waals surface area contributed by atoms with Gasteiger partial charge in [0.2, 0.25) is 0 Å². The zero-order valence-electron chi connectivity index (χ0n) is 16.6. The van der Waals surface area contributed by atoms with Gasteiger partial charge in [-0.1, -0.05) is 30.3 Å². The first-order chi connectivity index (χ1) is 15.5. The number of nitro benzene ring substituents is 2. The highest BCUT2D eigenvalue weighted by Crippen LogP contribution is 2.37. The van der Waals surface area contributed by atoms with Gasteiger partial charge in [0.25, 0.3) is 11.4 Å². The van der Waals surface area contributed by atoms with Crippen molar-refractivity contribution in [2.75, 3.05) is 0 Å². The number of hydrogen-bond acceptors (Lipinski definition) is 5. The smallest absolute Gasteiger partial charge is 0.258 e. The van der Waals surface area contributed by atoms with Crippen molar-refractivity contribution in [3.63, 3.8) is 0 Å². The SMILES string of the molecule is O=[N+]([O-])c1ccc(-c2cc(-c3ccc([N+](=O)[O-])cc3)c3c(ccc4ccccc43)n2)cc1. The maximum absolute atomic E-state index is 11.1. The third-order valence-electron chi connectivity index (χ3n) is 5.46. The van der Waals surface area contributed by atoms with Crippen LogP contribution < -0.4 is 0 Å². The molecule has 1 aromatic heterocycles. The summed E-state index contributed by atoms with van der Waals surface area (Å²) in [5, 5.41) is 25.1. The third kappa shape index (κ3) is 3.31. The minimum absolute atomic E-state index is 0.0103. The molecule has 0 radical (unpaired) electrons. The molecule has 0 spiro atoms. The molecule has 0 bridgehead atoms. The van der Waals surface area contributed by atoms with Gasteiger partial charge < -0.3 is 0 Å². The van der Waals surface area contributed by atoms with Gasteiger partial charge in [-0.2, -0.15) is 0 Å². The molecule has 0 amide bonds. The fourth-order valence-electron chi connectivity index (χ4n) is 3.90. The standard InChI is InChI=1S/C25H15N3O4/c29-27(30)19-10-5-17(6-11-19)22-15-24(18-7-12-20(13-8-18)28(31)32)26-23-14-9-16-3-1-2-4-21(16)25(22)23/h1-15H. The highest BCUT2D eigenvalue weighted by atomic mass is 16.6. The van der Waals surface area contributed by atoms with E-state index in [1.165, 1.54) is 24.3 Å². The van der Waals surface area contributed by atoms with Crippen molar-refractivity contribution in [3.05, 3.63) is 111 Å². The summed E-state index contributed by atoms with van der Waals surface area (Å²) in [5.41, 5.74) is 3.92. The first-order valence-electron chi connectivity index (χ1n) is 9.83. The Hall–Kier alpha value is -4.65. The van der Waals surface area contributed by atoms with E-state index in [4.69, 9.17) is 4.98 Å². The van der Waals surface area contributed by atoms with Crippen LogP contribution in [0.3, 0.4) is 0 Å². The third-order valence-corrected chi connectivity index (χ3v) is 5.46. The Morgan fingerprint density at radius 1 is 0.656 bits per heavy atom. The molecule has 7 nitrogen and oxygen atoms in total. The van der Waals surface area contributed by atoms with Gasteiger partial charge in [-0.15, -0.1) is 0 Å². The molecule has 32 heavy (non-hydrogen) atoms. The summed E-state index contributed by atoms with van der Waals surface area (Å²) in [6.45, 7) is 0. The van der Waals surface area contributed by atoms with Crippen LogP contribution in [0.25, 0.3) is 44.1 Å². The maximum Gasteiger partial charge on any atom is 0.269 e. The van der Waals surface area contributed by atoms with E-state index in [1.54, 1.807) is 24.3 Å². The van der Waals surface area contributed by atoms with Gasteiger partial charge >= 0.3 is 0 Å². The van der Waals surface area contributed by atoms with Crippen LogP contribution in [0.15, 0.2) is 91.0 Å². The lowest BCUT2D eigenvalue weighted by Crippen LogP contribution is -1.93. The summed E-state index contributed by atoms with van der Waals surface area (Å²) in [6, 6.07) is 26.5. The zero-order chi connectivity index (χ0) is 22.2. The molecule has 1 heterocycles. The highest BCUT2D eigenvalue weighted by molar-refractivity contribution is 6.13. The number of non-ortho nitro benzene ring substituents is 2. The molecule has 0 atom stereocenters. The van der Waals surface area contributed by atoms with Crippen LogP contribution in [-0.4, -0.2) is 14.8 Å². The van der Waals surface area contributed by atoms with Crippen molar-refractivity contribution in [2.45, 2.75) is 0 Å². The van der Waals surface area contributed by atoms with E-state index >= 15 is 0 Å². The van der Waals surface area contributed by atoms with E-state index in [-0.39, 0.29) is 11.4 Å². The van der Waals surface area contributed by atoms with E-state index in [1.807, 2.05) is 42.5 Å². The van der Waals surface area contributed by atoms with E-state index in [9.17, 15) is 20.2 Å². The van der Waals surface area contributed by atoms with Crippen molar-refractivity contribution < 1.29 is 9.85 Å². The predicted octanol–water partition coefficient (Wildman–Crippen LogP) is 6.54. The van der Waals surface area contributed by atoms with Crippen LogP contribution >= 0.6 is 0 Å². The van der Waals surface area contributed by atoms with E-state index in [0.717, 1.165) is 38.4 Å². The predicted molar refractivity (Wildman–Crippen MR) is 123 cm³/mol. The zero-order valence-corrected chi connectivity index (χ0v) is 16.6. The average molecular weight is 421 g/mol. The molecule has 0 aliphatic heterocycles. The second-order valence-corrected chi connectivity index (χ2v) is 7.34. The minimum atomic E-state index is -0.438. The summed E-state index contributed by atoms with van der Waals surface area (Å²) in [7, 11) is 0. The summed E-state index contributed by atoms with van der Waals surface area (Å²) >= 11 is 0. The Morgan fingerprint density at radius 2 is 1.25 bits per heavy atom. The minimum Gasteiger partial charge on any atom is -0.258 e. The monoisotopic (exact) mass is 421 g/mol. The highest BCUT2D eigenvalue weighted by Gasteiger charge is 2.14. The molecule has 0 aliphatic rings. The fraction of sp³-hybridized carbons (Fsp3) is 0. The summed E-state index contributed by atoms with van der Waals surface area (Å²) < 4.78 is 0. The fourth-order valence-corrected chi connectivity index (χ4v) is 3.90. The molecule has 0 fully saturated rings. The number of nitrogens with zero attached hydrogens (tertiary/aromatic N) is 3. The summed E-state index contributed by atoms with van der Waals surface area (Å²) in [5.74, 6) is 0. The Kier molecular flexibility index (Phi) is 4.56.